The number of nitrogens with one attached hydrogen (secondary N) is 1. The van der Waals surface area contributed by atoms with Crippen LogP contribution in [0.5, 0.6) is 5.75 Å². The highest BCUT2D eigenvalue weighted by atomic mass is 19.4. The van der Waals surface area contributed by atoms with Crippen LogP contribution in [0, 0.1) is 0 Å². The number of amides is 1. The van der Waals surface area contributed by atoms with E-state index in [1.807, 2.05) is 43.3 Å². The van der Waals surface area contributed by atoms with Crippen LogP contribution in [0.25, 0.3) is 0 Å². The third-order valence-corrected chi connectivity index (χ3v) is 4.23. The van der Waals surface area contributed by atoms with Gasteiger partial charge < -0.3 is 15.0 Å². The predicted octanol–water partition coefficient (Wildman–Crippen LogP) is 3.68. The fraction of sp³-hybridized carbons (Fsp3) is 0.350. The number of hydrogen-bond donors (Lipinski definition) is 1. The lowest BCUT2D eigenvalue weighted by Gasteiger charge is -2.26. The van der Waals surface area contributed by atoms with Gasteiger partial charge in [-0.1, -0.05) is 36.4 Å². The highest BCUT2D eigenvalue weighted by molar-refractivity contribution is 5.78. The minimum atomic E-state index is -4.42. The van der Waals surface area contributed by atoms with Crippen LogP contribution in [0.15, 0.2) is 48.5 Å². The zero-order valence-corrected chi connectivity index (χ0v) is 15.5. The summed E-state index contributed by atoms with van der Waals surface area (Å²) in [5, 5.41) is 2.80. The third-order valence-electron chi connectivity index (χ3n) is 4.23. The van der Waals surface area contributed by atoms with Gasteiger partial charge in [0.15, 0.2) is 0 Å². The molecule has 0 heterocycles. The second-order valence-electron chi connectivity index (χ2n) is 6.40. The molecule has 2 aromatic rings. The molecule has 4 nitrogen and oxygen atoms in total. The molecule has 2 aromatic carbocycles. The smallest absolute Gasteiger partial charge is 0.416 e. The van der Waals surface area contributed by atoms with Gasteiger partial charge in [-0.05, 0) is 31.8 Å². The predicted molar refractivity (Wildman–Crippen MR) is 97.6 cm³/mol. The second kappa shape index (κ2) is 8.90. The number of ether oxygens (including phenoxy) is 1. The molecule has 0 aliphatic carbocycles. The van der Waals surface area contributed by atoms with E-state index in [0.717, 1.165) is 17.7 Å². The summed E-state index contributed by atoms with van der Waals surface area (Å²) < 4.78 is 43.7. The van der Waals surface area contributed by atoms with Crippen LogP contribution in [0.1, 0.15) is 22.7 Å². The van der Waals surface area contributed by atoms with Crippen LogP contribution in [0.4, 0.5) is 13.2 Å². The molecule has 0 bridgehead atoms. The summed E-state index contributed by atoms with van der Waals surface area (Å²) >= 11 is 0. The molecule has 0 aliphatic rings. The van der Waals surface area contributed by atoms with Gasteiger partial charge in [0.2, 0.25) is 5.91 Å². The maximum Gasteiger partial charge on any atom is 0.416 e. The Morgan fingerprint density at radius 1 is 1.15 bits per heavy atom. The van der Waals surface area contributed by atoms with Gasteiger partial charge >= 0.3 is 6.18 Å². The van der Waals surface area contributed by atoms with Crippen molar-refractivity contribution in [1.82, 2.24) is 10.2 Å². The Labute approximate surface area is 156 Å². The van der Waals surface area contributed by atoms with Crippen LogP contribution in [0.2, 0.25) is 0 Å². The van der Waals surface area contributed by atoms with E-state index in [1.54, 1.807) is 7.11 Å². The standard InChI is InChI=1S/C20H23F3N2O2/c1-25(2)17(16-9-4-5-10-18(16)27-3)13-24-19(26)12-14-7-6-8-15(11-14)20(21,22)23/h4-11,17H,12-13H2,1-3H3,(H,24,26)/t17-/m1/s1. The number of methoxy groups -OCH3 is 1. The van der Waals surface area contributed by atoms with Crippen LogP contribution in [0.3, 0.4) is 0 Å². The van der Waals surface area contributed by atoms with Gasteiger partial charge in [0.1, 0.15) is 5.75 Å². The Morgan fingerprint density at radius 2 is 1.85 bits per heavy atom. The first-order chi connectivity index (χ1) is 12.7. The van der Waals surface area contributed by atoms with E-state index in [-0.39, 0.29) is 18.4 Å². The molecule has 0 aliphatic heterocycles. The van der Waals surface area contributed by atoms with Crippen molar-refractivity contribution in [3.8, 4) is 5.75 Å². The quantitative estimate of drug-likeness (QED) is 0.797. The van der Waals surface area contributed by atoms with Gasteiger partial charge in [0.05, 0.1) is 25.1 Å². The fourth-order valence-electron chi connectivity index (χ4n) is 2.83. The lowest BCUT2D eigenvalue weighted by atomic mass is 10.0. The SMILES string of the molecule is COc1ccccc1[C@@H](CNC(=O)Cc1cccc(C(F)(F)F)c1)N(C)C. The van der Waals surface area contributed by atoms with E-state index in [4.69, 9.17) is 4.74 Å². The molecular formula is C20H23F3N2O2. The second-order valence-corrected chi connectivity index (χ2v) is 6.40. The topological polar surface area (TPSA) is 41.6 Å². The monoisotopic (exact) mass is 380 g/mol. The summed E-state index contributed by atoms with van der Waals surface area (Å²) in [5.74, 6) is 0.374. The average molecular weight is 380 g/mol. The lowest BCUT2D eigenvalue weighted by Crippen LogP contribution is -2.35. The fourth-order valence-corrected chi connectivity index (χ4v) is 2.83. The van der Waals surface area contributed by atoms with Crippen molar-refractivity contribution in [2.24, 2.45) is 0 Å². The Kier molecular flexibility index (Phi) is 6.85. The normalized spacial score (nSPS) is 12.7. The van der Waals surface area contributed by atoms with Crippen molar-refractivity contribution in [3.05, 3.63) is 65.2 Å². The lowest BCUT2D eigenvalue weighted by molar-refractivity contribution is -0.137. The van der Waals surface area contributed by atoms with Gasteiger partial charge in [-0.2, -0.15) is 13.2 Å². The van der Waals surface area contributed by atoms with E-state index >= 15 is 0 Å². The molecule has 2 rings (SSSR count). The number of halogens is 3. The average Bonchev–Trinajstić information content (AvgIpc) is 2.61. The molecule has 7 heteroatoms. The van der Waals surface area contributed by atoms with E-state index in [2.05, 4.69) is 5.32 Å². The molecule has 0 saturated carbocycles. The van der Waals surface area contributed by atoms with Crippen molar-refractivity contribution in [1.29, 1.82) is 0 Å². The van der Waals surface area contributed by atoms with Crippen LogP contribution >= 0.6 is 0 Å². The number of hydrogen-bond acceptors (Lipinski definition) is 3. The first-order valence-corrected chi connectivity index (χ1v) is 8.44. The zero-order chi connectivity index (χ0) is 20.0. The number of carbonyl (C=O) groups is 1. The number of nitrogens with zero attached hydrogens (tertiary/aromatic N) is 1. The number of rotatable bonds is 7. The third kappa shape index (κ3) is 5.72. The summed E-state index contributed by atoms with van der Waals surface area (Å²) in [6.45, 7) is 0.311. The Bertz CT molecular complexity index is 776. The number of carbonyl (C=O) groups excluding carboxylic acids is 1. The zero-order valence-electron chi connectivity index (χ0n) is 15.5. The largest absolute Gasteiger partial charge is 0.496 e. The van der Waals surface area contributed by atoms with Gasteiger partial charge in [-0.15, -0.1) is 0 Å². The minimum Gasteiger partial charge on any atom is -0.496 e. The van der Waals surface area contributed by atoms with Crippen LogP contribution < -0.4 is 10.1 Å². The molecule has 1 amide bonds. The molecular weight excluding hydrogens is 357 g/mol. The number of benzene rings is 2. The summed E-state index contributed by atoms with van der Waals surface area (Å²) in [5.41, 5.74) is 0.485. The molecule has 0 radical (unpaired) electrons. The number of alkyl halides is 3. The Morgan fingerprint density at radius 3 is 2.48 bits per heavy atom. The van der Waals surface area contributed by atoms with Crippen molar-refractivity contribution >= 4 is 5.91 Å². The molecule has 0 unspecified atom stereocenters. The maximum absolute atomic E-state index is 12.8. The molecule has 1 atom stereocenters. The highest BCUT2D eigenvalue weighted by Crippen LogP contribution is 2.30. The molecule has 146 valence electrons. The number of para-hydroxylation sites is 1. The van der Waals surface area contributed by atoms with Crippen molar-refractivity contribution in [2.45, 2.75) is 18.6 Å². The van der Waals surface area contributed by atoms with Crippen molar-refractivity contribution < 1.29 is 22.7 Å². The highest BCUT2D eigenvalue weighted by Gasteiger charge is 2.30. The molecule has 0 saturated heterocycles. The Balaban J connectivity index is 2.05. The van der Waals surface area contributed by atoms with E-state index in [0.29, 0.717) is 17.9 Å². The van der Waals surface area contributed by atoms with Gasteiger partial charge in [-0.3, -0.25) is 4.79 Å². The number of likely N-dealkylation sites (N-methyl/N-ethyl adjacent to an activating group) is 1. The summed E-state index contributed by atoms with van der Waals surface area (Å²) in [7, 11) is 5.35. The van der Waals surface area contributed by atoms with Crippen LogP contribution in [-0.4, -0.2) is 38.6 Å². The van der Waals surface area contributed by atoms with E-state index in [9.17, 15) is 18.0 Å². The van der Waals surface area contributed by atoms with Crippen molar-refractivity contribution in [3.63, 3.8) is 0 Å². The first-order valence-electron chi connectivity index (χ1n) is 8.44. The van der Waals surface area contributed by atoms with Crippen LogP contribution in [-0.2, 0) is 17.4 Å². The maximum atomic E-state index is 12.8. The van der Waals surface area contributed by atoms with Gasteiger partial charge in [0.25, 0.3) is 0 Å². The van der Waals surface area contributed by atoms with E-state index in [1.165, 1.54) is 12.1 Å². The molecule has 0 fully saturated rings. The molecule has 1 N–H and O–H groups in total. The van der Waals surface area contributed by atoms with E-state index < -0.39 is 11.7 Å². The molecule has 0 spiro atoms. The van der Waals surface area contributed by atoms with Crippen molar-refractivity contribution in [2.75, 3.05) is 27.7 Å². The molecule has 0 aromatic heterocycles. The first kappa shape index (κ1) is 20.8. The summed E-state index contributed by atoms with van der Waals surface area (Å²) in [4.78, 5) is 14.2. The van der Waals surface area contributed by atoms with Gasteiger partial charge in [0, 0.05) is 12.1 Å². The van der Waals surface area contributed by atoms with Gasteiger partial charge in [-0.25, -0.2) is 0 Å². The summed E-state index contributed by atoms with van der Waals surface area (Å²) in [6, 6.07) is 12.2. The Hall–Kier alpha value is -2.54. The minimum absolute atomic E-state index is 0.115. The molecule has 27 heavy (non-hydrogen) atoms. The summed E-state index contributed by atoms with van der Waals surface area (Å²) in [6.07, 6.45) is -4.54.